The van der Waals surface area contributed by atoms with Crippen molar-refractivity contribution >= 4 is 11.9 Å². The van der Waals surface area contributed by atoms with E-state index in [1.54, 1.807) is 0 Å². The predicted octanol–water partition coefficient (Wildman–Crippen LogP) is 1.14. The van der Waals surface area contributed by atoms with Crippen LogP contribution in [0.2, 0.25) is 0 Å². The SMILES string of the molecule is C#CC(C)(C)Nc1nc(NCC)nc(OC)n1. The van der Waals surface area contributed by atoms with Gasteiger partial charge in [0.1, 0.15) is 0 Å². The average molecular weight is 235 g/mol. The third-order valence-electron chi connectivity index (χ3n) is 1.92. The van der Waals surface area contributed by atoms with Crippen molar-refractivity contribution in [3.63, 3.8) is 0 Å². The van der Waals surface area contributed by atoms with Gasteiger partial charge in [0.25, 0.3) is 0 Å². The molecule has 6 heteroatoms. The summed E-state index contributed by atoms with van der Waals surface area (Å²) in [5.74, 6) is 3.44. The third kappa shape index (κ3) is 3.79. The summed E-state index contributed by atoms with van der Waals surface area (Å²) >= 11 is 0. The van der Waals surface area contributed by atoms with E-state index in [1.807, 2.05) is 20.8 Å². The highest BCUT2D eigenvalue weighted by Crippen LogP contribution is 2.14. The van der Waals surface area contributed by atoms with Crippen molar-refractivity contribution in [3.8, 4) is 18.4 Å². The van der Waals surface area contributed by atoms with Crippen molar-refractivity contribution < 1.29 is 4.74 Å². The van der Waals surface area contributed by atoms with E-state index >= 15 is 0 Å². The number of methoxy groups -OCH3 is 1. The molecule has 1 rings (SSSR count). The summed E-state index contributed by atoms with van der Waals surface area (Å²) < 4.78 is 5.00. The number of nitrogens with zero attached hydrogens (tertiary/aromatic N) is 3. The first kappa shape index (κ1) is 13.0. The van der Waals surface area contributed by atoms with Crippen LogP contribution in [0.5, 0.6) is 6.01 Å². The number of anilines is 2. The summed E-state index contributed by atoms with van der Waals surface area (Å²) in [7, 11) is 1.50. The highest BCUT2D eigenvalue weighted by molar-refractivity contribution is 5.40. The molecule has 0 bridgehead atoms. The van der Waals surface area contributed by atoms with E-state index in [9.17, 15) is 0 Å². The number of terminal acetylenes is 1. The molecule has 0 fully saturated rings. The van der Waals surface area contributed by atoms with Gasteiger partial charge in [0.15, 0.2) is 0 Å². The van der Waals surface area contributed by atoms with Gasteiger partial charge in [-0.25, -0.2) is 0 Å². The third-order valence-corrected chi connectivity index (χ3v) is 1.92. The van der Waals surface area contributed by atoms with Crippen molar-refractivity contribution in [3.05, 3.63) is 0 Å². The van der Waals surface area contributed by atoms with Gasteiger partial charge in [-0.2, -0.15) is 15.0 Å². The molecule has 0 aliphatic heterocycles. The molecule has 1 heterocycles. The zero-order chi connectivity index (χ0) is 12.9. The van der Waals surface area contributed by atoms with Crippen LogP contribution in [0, 0.1) is 12.3 Å². The number of hydrogen-bond donors (Lipinski definition) is 2. The molecular formula is C11H17N5O. The van der Waals surface area contributed by atoms with Crippen LogP contribution < -0.4 is 15.4 Å². The van der Waals surface area contributed by atoms with Crippen LogP contribution in [0.25, 0.3) is 0 Å². The molecule has 0 radical (unpaired) electrons. The second kappa shape index (κ2) is 5.34. The molecule has 0 aliphatic carbocycles. The zero-order valence-electron chi connectivity index (χ0n) is 10.5. The zero-order valence-corrected chi connectivity index (χ0v) is 10.5. The first-order valence-corrected chi connectivity index (χ1v) is 5.30. The Morgan fingerprint density at radius 2 is 1.94 bits per heavy atom. The summed E-state index contributed by atoms with van der Waals surface area (Å²) in [4.78, 5) is 12.3. The quantitative estimate of drug-likeness (QED) is 0.746. The number of ether oxygens (including phenoxy) is 1. The molecule has 0 saturated carbocycles. The molecule has 0 unspecified atom stereocenters. The van der Waals surface area contributed by atoms with Gasteiger partial charge in [0.2, 0.25) is 11.9 Å². The lowest BCUT2D eigenvalue weighted by atomic mass is 10.1. The minimum absolute atomic E-state index is 0.242. The maximum Gasteiger partial charge on any atom is 0.322 e. The van der Waals surface area contributed by atoms with Crippen LogP contribution in [0.3, 0.4) is 0 Å². The van der Waals surface area contributed by atoms with E-state index < -0.39 is 5.54 Å². The lowest BCUT2D eigenvalue weighted by Gasteiger charge is -2.19. The maximum absolute atomic E-state index is 5.39. The minimum Gasteiger partial charge on any atom is -0.467 e. The Bertz CT molecular complexity index is 424. The van der Waals surface area contributed by atoms with E-state index in [1.165, 1.54) is 7.11 Å². The maximum atomic E-state index is 5.39. The second-order valence-electron chi connectivity index (χ2n) is 3.89. The summed E-state index contributed by atoms with van der Waals surface area (Å²) in [6.45, 7) is 6.38. The molecular weight excluding hydrogens is 218 g/mol. The lowest BCUT2D eigenvalue weighted by molar-refractivity contribution is 0.379. The largest absolute Gasteiger partial charge is 0.467 e. The number of aromatic nitrogens is 3. The highest BCUT2D eigenvalue weighted by Gasteiger charge is 2.16. The summed E-state index contributed by atoms with van der Waals surface area (Å²) in [5, 5.41) is 6.02. The molecule has 17 heavy (non-hydrogen) atoms. The van der Waals surface area contributed by atoms with Crippen LogP contribution in [0.1, 0.15) is 20.8 Å². The van der Waals surface area contributed by atoms with E-state index in [0.717, 1.165) is 0 Å². The van der Waals surface area contributed by atoms with Crippen molar-refractivity contribution in [1.82, 2.24) is 15.0 Å². The van der Waals surface area contributed by atoms with Gasteiger partial charge >= 0.3 is 6.01 Å². The van der Waals surface area contributed by atoms with Gasteiger partial charge in [0.05, 0.1) is 12.6 Å². The molecule has 0 atom stereocenters. The highest BCUT2D eigenvalue weighted by atomic mass is 16.5. The van der Waals surface area contributed by atoms with E-state index in [4.69, 9.17) is 11.2 Å². The molecule has 1 aromatic rings. The minimum atomic E-state index is -0.532. The monoisotopic (exact) mass is 235 g/mol. The Morgan fingerprint density at radius 1 is 1.29 bits per heavy atom. The Hall–Kier alpha value is -2.03. The second-order valence-corrected chi connectivity index (χ2v) is 3.89. The first-order valence-electron chi connectivity index (χ1n) is 5.30. The van der Waals surface area contributed by atoms with Gasteiger partial charge in [0, 0.05) is 6.54 Å². The fraction of sp³-hybridized carbons (Fsp3) is 0.545. The normalized spacial score (nSPS) is 10.5. The van der Waals surface area contributed by atoms with Crippen molar-refractivity contribution in [1.29, 1.82) is 0 Å². The smallest absolute Gasteiger partial charge is 0.322 e. The Balaban J connectivity index is 2.99. The molecule has 6 nitrogen and oxygen atoms in total. The molecule has 1 aromatic heterocycles. The summed E-state index contributed by atoms with van der Waals surface area (Å²) in [6, 6.07) is 0.242. The molecule has 0 aromatic carbocycles. The van der Waals surface area contributed by atoms with E-state index in [-0.39, 0.29) is 6.01 Å². The van der Waals surface area contributed by atoms with E-state index in [0.29, 0.717) is 18.4 Å². The number of rotatable bonds is 5. The fourth-order valence-corrected chi connectivity index (χ4v) is 1.06. The van der Waals surface area contributed by atoms with Crippen LogP contribution >= 0.6 is 0 Å². The van der Waals surface area contributed by atoms with E-state index in [2.05, 4.69) is 31.5 Å². The van der Waals surface area contributed by atoms with Gasteiger partial charge in [-0.1, -0.05) is 5.92 Å². The van der Waals surface area contributed by atoms with Crippen LogP contribution in [-0.2, 0) is 0 Å². The molecule has 0 spiro atoms. The van der Waals surface area contributed by atoms with Crippen LogP contribution in [0.4, 0.5) is 11.9 Å². The van der Waals surface area contributed by atoms with Gasteiger partial charge in [-0.15, -0.1) is 6.42 Å². The molecule has 0 saturated heterocycles. The van der Waals surface area contributed by atoms with Gasteiger partial charge < -0.3 is 15.4 Å². The summed E-state index contributed by atoms with van der Waals surface area (Å²) in [5.41, 5.74) is -0.532. The van der Waals surface area contributed by atoms with Crippen molar-refractivity contribution in [2.45, 2.75) is 26.3 Å². The topological polar surface area (TPSA) is 72.0 Å². The Morgan fingerprint density at radius 3 is 2.47 bits per heavy atom. The van der Waals surface area contributed by atoms with Crippen LogP contribution in [-0.4, -0.2) is 34.1 Å². The first-order chi connectivity index (χ1) is 8.00. The summed E-state index contributed by atoms with van der Waals surface area (Å²) in [6.07, 6.45) is 5.39. The van der Waals surface area contributed by atoms with Crippen LogP contribution in [0.15, 0.2) is 0 Å². The van der Waals surface area contributed by atoms with Gasteiger partial charge in [-0.3, -0.25) is 0 Å². The molecule has 0 aliphatic rings. The molecule has 2 N–H and O–H groups in total. The molecule has 92 valence electrons. The Labute approximate surface area is 101 Å². The lowest BCUT2D eigenvalue weighted by Crippen LogP contribution is -2.29. The standard InChI is InChI=1S/C11H17N5O/c1-6-11(3,4)16-9-13-8(12-7-2)14-10(15-9)17-5/h1H,7H2,2-5H3,(H2,12,13,14,15,16). The number of nitrogens with one attached hydrogen (secondary N) is 2. The Kier molecular flexibility index (Phi) is 4.10. The molecule has 0 amide bonds. The predicted molar refractivity (Wildman–Crippen MR) is 67.1 cm³/mol. The van der Waals surface area contributed by atoms with Crippen molar-refractivity contribution in [2.75, 3.05) is 24.3 Å². The number of hydrogen-bond acceptors (Lipinski definition) is 6. The average Bonchev–Trinajstić information content (AvgIpc) is 2.28. The van der Waals surface area contributed by atoms with Crippen molar-refractivity contribution in [2.24, 2.45) is 0 Å². The van der Waals surface area contributed by atoms with Gasteiger partial charge in [-0.05, 0) is 20.8 Å². The fourth-order valence-electron chi connectivity index (χ4n) is 1.06.